The predicted molar refractivity (Wildman–Crippen MR) is 45.8 cm³/mol. The molecular formula is C8H10NS. The molecule has 53 valence electrons. The molecule has 0 fully saturated rings. The Kier molecular flexibility index (Phi) is 3.30. The smallest absolute Gasteiger partial charge is 0.0300 e. The van der Waals surface area contributed by atoms with Gasteiger partial charge in [0.25, 0.3) is 0 Å². The van der Waals surface area contributed by atoms with Crippen molar-refractivity contribution in [1.29, 1.82) is 0 Å². The van der Waals surface area contributed by atoms with E-state index >= 15 is 0 Å². The van der Waals surface area contributed by atoms with Crippen molar-refractivity contribution in [3.8, 4) is 0 Å². The minimum atomic E-state index is 1.07. The zero-order chi connectivity index (χ0) is 7.23. The molecule has 1 aromatic rings. The molecule has 0 saturated carbocycles. The number of aromatic nitrogens is 1. The lowest BCUT2D eigenvalue weighted by atomic mass is 10.2. The molecule has 1 heterocycles. The predicted octanol–water partition coefficient (Wildman–Crippen LogP) is 2.15. The fourth-order valence-electron chi connectivity index (χ4n) is 0.736. The summed E-state index contributed by atoms with van der Waals surface area (Å²) in [5.74, 6) is 1.08. The molecule has 0 aliphatic heterocycles. The van der Waals surface area contributed by atoms with E-state index in [1.807, 2.05) is 12.3 Å². The molecule has 0 bridgehead atoms. The van der Waals surface area contributed by atoms with Crippen LogP contribution in [-0.2, 0) is 6.42 Å². The average molecular weight is 152 g/mol. The zero-order valence-corrected chi connectivity index (χ0v) is 6.60. The Hall–Kier alpha value is -0.500. The van der Waals surface area contributed by atoms with Gasteiger partial charge in [-0.15, -0.1) is 0 Å². The molecule has 0 amide bonds. The SMILES string of the molecule is [CH2]SCCc1cccnc1. The third kappa shape index (κ3) is 2.40. The monoisotopic (exact) mass is 152 g/mol. The molecule has 0 aliphatic carbocycles. The number of hydrogen-bond donors (Lipinski definition) is 0. The normalized spacial score (nSPS) is 9.70. The van der Waals surface area contributed by atoms with Crippen LogP contribution in [0.25, 0.3) is 0 Å². The summed E-state index contributed by atoms with van der Waals surface area (Å²) < 4.78 is 0. The van der Waals surface area contributed by atoms with Crippen LogP contribution < -0.4 is 0 Å². The number of pyridine rings is 1. The maximum Gasteiger partial charge on any atom is 0.0300 e. The Labute approximate surface area is 65.9 Å². The molecule has 0 unspecified atom stereocenters. The van der Waals surface area contributed by atoms with Crippen molar-refractivity contribution in [1.82, 2.24) is 4.98 Å². The van der Waals surface area contributed by atoms with Crippen LogP contribution in [0.1, 0.15) is 5.56 Å². The Morgan fingerprint density at radius 1 is 1.60 bits per heavy atom. The van der Waals surface area contributed by atoms with Crippen molar-refractivity contribution < 1.29 is 0 Å². The summed E-state index contributed by atoms with van der Waals surface area (Å²) in [6.07, 6.45) is 8.46. The third-order valence-electron chi connectivity index (χ3n) is 1.26. The minimum Gasteiger partial charge on any atom is -0.264 e. The van der Waals surface area contributed by atoms with Gasteiger partial charge in [-0.05, 0) is 23.8 Å². The highest BCUT2D eigenvalue weighted by molar-refractivity contribution is 8.00. The summed E-state index contributed by atoms with van der Waals surface area (Å²) in [6, 6.07) is 4.05. The van der Waals surface area contributed by atoms with E-state index in [1.54, 1.807) is 18.0 Å². The number of thioether (sulfide) groups is 1. The standard InChI is InChI=1S/C8H10NS/c1-10-6-4-8-3-2-5-9-7-8/h2-3,5,7H,1,4,6H2. The first kappa shape index (κ1) is 7.61. The van der Waals surface area contributed by atoms with E-state index in [4.69, 9.17) is 0 Å². The molecule has 1 aromatic heterocycles. The fourth-order valence-corrected chi connectivity index (χ4v) is 1.12. The van der Waals surface area contributed by atoms with Crippen molar-refractivity contribution in [2.75, 3.05) is 5.75 Å². The van der Waals surface area contributed by atoms with Gasteiger partial charge in [-0.25, -0.2) is 0 Å². The van der Waals surface area contributed by atoms with Crippen LogP contribution >= 0.6 is 11.8 Å². The van der Waals surface area contributed by atoms with Gasteiger partial charge >= 0.3 is 0 Å². The molecule has 1 rings (SSSR count). The van der Waals surface area contributed by atoms with Gasteiger partial charge in [-0.3, -0.25) is 4.98 Å². The summed E-state index contributed by atoms with van der Waals surface area (Å²) in [6.45, 7) is 0. The van der Waals surface area contributed by atoms with Gasteiger partial charge in [-0.2, -0.15) is 11.8 Å². The van der Waals surface area contributed by atoms with Gasteiger partial charge in [0.2, 0.25) is 0 Å². The first-order valence-electron chi connectivity index (χ1n) is 3.19. The van der Waals surface area contributed by atoms with Crippen molar-refractivity contribution in [3.05, 3.63) is 36.3 Å². The summed E-state index contributed by atoms with van der Waals surface area (Å²) in [7, 11) is 0. The van der Waals surface area contributed by atoms with Crippen LogP contribution in [0.3, 0.4) is 0 Å². The van der Waals surface area contributed by atoms with E-state index in [1.165, 1.54) is 5.56 Å². The first-order valence-corrected chi connectivity index (χ1v) is 4.35. The summed E-state index contributed by atoms with van der Waals surface area (Å²) in [4.78, 5) is 4.01. The number of nitrogens with zero attached hydrogens (tertiary/aromatic N) is 1. The number of aryl methyl sites for hydroxylation is 1. The molecule has 10 heavy (non-hydrogen) atoms. The zero-order valence-electron chi connectivity index (χ0n) is 5.79. The van der Waals surface area contributed by atoms with E-state index in [0.29, 0.717) is 0 Å². The summed E-state index contributed by atoms with van der Waals surface area (Å²) >= 11 is 1.62. The van der Waals surface area contributed by atoms with E-state index in [9.17, 15) is 0 Å². The fraction of sp³-hybridized carbons (Fsp3) is 0.250. The highest BCUT2D eigenvalue weighted by Crippen LogP contribution is 2.02. The highest BCUT2D eigenvalue weighted by Gasteiger charge is 1.88. The summed E-state index contributed by atoms with van der Waals surface area (Å²) in [5.41, 5.74) is 1.29. The molecule has 0 saturated heterocycles. The van der Waals surface area contributed by atoms with Gasteiger partial charge in [0.1, 0.15) is 0 Å². The van der Waals surface area contributed by atoms with Gasteiger partial charge in [-0.1, -0.05) is 6.07 Å². The molecule has 0 N–H and O–H groups in total. The van der Waals surface area contributed by atoms with Gasteiger partial charge in [0, 0.05) is 18.6 Å². The third-order valence-corrected chi connectivity index (χ3v) is 1.75. The van der Waals surface area contributed by atoms with Crippen molar-refractivity contribution in [3.63, 3.8) is 0 Å². The molecule has 0 aliphatic rings. The van der Waals surface area contributed by atoms with Gasteiger partial charge in [0.05, 0.1) is 0 Å². The Bertz CT molecular complexity index is 174. The largest absolute Gasteiger partial charge is 0.264 e. The lowest BCUT2D eigenvalue weighted by Gasteiger charge is -1.95. The van der Waals surface area contributed by atoms with Crippen LogP contribution in [0.5, 0.6) is 0 Å². The van der Waals surface area contributed by atoms with E-state index in [0.717, 1.165) is 12.2 Å². The Morgan fingerprint density at radius 2 is 2.50 bits per heavy atom. The van der Waals surface area contributed by atoms with Crippen LogP contribution in [0.4, 0.5) is 0 Å². The van der Waals surface area contributed by atoms with Gasteiger partial charge in [0.15, 0.2) is 0 Å². The van der Waals surface area contributed by atoms with Crippen LogP contribution in [0, 0.1) is 6.26 Å². The lowest BCUT2D eigenvalue weighted by Crippen LogP contribution is -1.86. The molecule has 1 radical (unpaired) electrons. The second-order valence-electron chi connectivity index (χ2n) is 2.02. The minimum absolute atomic E-state index is 1.07. The van der Waals surface area contributed by atoms with E-state index in [-0.39, 0.29) is 0 Å². The lowest BCUT2D eigenvalue weighted by molar-refractivity contribution is 1.12. The Morgan fingerprint density at radius 3 is 3.10 bits per heavy atom. The molecular weight excluding hydrogens is 142 g/mol. The molecule has 1 nitrogen and oxygen atoms in total. The maximum absolute atomic E-state index is 4.01. The Balaban J connectivity index is 2.43. The highest BCUT2D eigenvalue weighted by atomic mass is 32.2. The van der Waals surface area contributed by atoms with Crippen molar-refractivity contribution in [2.45, 2.75) is 6.42 Å². The topological polar surface area (TPSA) is 12.9 Å². The van der Waals surface area contributed by atoms with Crippen LogP contribution in [0.2, 0.25) is 0 Å². The summed E-state index contributed by atoms with van der Waals surface area (Å²) in [5, 5.41) is 0. The molecule has 0 atom stereocenters. The molecule has 2 heteroatoms. The average Bonchev–Trinajstić information content (AvgIpc) is 2.03. The quantitative estimate of drug-likeness (QED) is 0.658. The van der Waals surface area contributed by atoms with Crippen LogP contribution in [0.15, 0.2) is 24.5 Å². The second-order valence-corrected chi connectivity index (χ2v) is 2.84. The second kappa shape index (κ2) is 4.34. The number of rotatable bonds is 3. The molecule has 0 spiro atoms. The van der Waals surface area contributed by atoms with E-state index in [2.05, 4.69) is 17.3 Å². The van der Waals surface area contributed by atoms with Crippen LogP contribution in [-0.4, -0.2) is 10.7 Å². The van der Waals surface area contributed by atoms with Gasteiger partial charge < -0.3 is 0 Å². The first-order chi connectivity index (χ1) is 4.93. The van der Waals surface area contributed by atoms with Crippen molar-refractivity contribution in [2.24, 2.45) is 0 Å². The van der Waals surface area contributed by atoms with E-state index < -0.39 is 0 Å². The molecule has 0 aromatic carbocycles. The van der Waals surface area contributed by atoms with Crippen molar-refractivity contribution >= 4 is 11.8 Å². The number of hydrogen-bond acceptors (Lipinski definition) is 2. The maximum atomic E-state index is 4.01.